The summed E-state index contributed by atoms with van der Waals surface area (Å²) in [6.07, 6.45) is 8.33. The van der Waals surface area contributed by atoms with Gasteiger partial charge in [-0.2, -0.15) is 0 Å². The lowest BCUT2D eigenvalue weighted by Crippen LogP contribution is -2.39. The Morgan fingerprint density at radius 1 is 1.00 bits per heavy atom. The number of hydrogen-bond acceptors (Lipinski definition) is 6. The van der Waals surface area contributed by atoms with Gasteiger partial charge in [-0.25, -0.2) is 0 Å². The molecule has 1 aliphatic carbocycles. The van der Waals surface area contributed by atoms with Crippen LogP contribution in [0.4, 0.5) is 5.69 Å². The number of nitrogens with zero attached hydrogens (tertiary/aromatic N) is 4. The molecule has 2 aliphatic heterocycles. The molecule has 0 spiro atoms. The van der Waals surface area contributed by atoms with Crippen LogP contribution in [-0.2, 0) is 13.1 Å². The number of methoxy groups -OCH3 is 1. The van der Waals surface area contributed by atoms with E-state index in [1.165, 1.54) is 47.9 Å². The molecular formula is C29H36N4O2. The Kier molecular flexibility index (Phi) is 6.49. The van der Waals surface area contributed by atoms with Gasteiger partial charge in [0.25, 0.3) is 0 Å². The maximum absolute atomic E-state index is 6.34. The molecule has 35 heavy (non-hydrogen) atoms. The lowest BCUT2D eigenvalue weighted by Gasteiger charge is -2.34. The molecule has 3 heterocycles. The fraction of sp³-hybridized carbons (Fsp3) is 0.483. The van der Waals surface area contributed by atoms with Crippen LogP contribution in [0.5, 0.6) is 11.5 Å². The molecule has 0 atom stereocenters. The highest BCUT2D eigenvalue weighted by molar-refractivity contribution is 5.89. The number of benzene rings is 2. The largest absolute Gasteiger partial charge is 0.495 e. The topological polar surface area (TPSA) is 41.1 Å². The van der Waals surface area contributed by atoms with Crippen molar-refractivity contribution in [3.05, 3.63) is 59.8 Å². The number of hydrogen-bond donors (Lipinski definition) is 0. The van der Waals surface area contributed by atoms with Crippen LogP contribution in [0.3, 0.4) is 0 Å². The Bertz CT molecular complexity index is 1180. The van der Waals surface area contributed by atoms with Gasteiger partial charge in [0, 0.05) is 62.5 Å². The fourth-order valence-electron chi connectivity index (χ4n) is 6.18. The number of pyridine rings is 1. The van der Waals surface area contributed by atoms with Gasteiger partial charge in [0.1, 0.15) is 18.0 Å². The van der Waals surface area contributed by atoms with E-state index in [0.29, 0.717) is 12.8 Å². The van der Waals surface area contributed by atoms with E-state index < -0.39 is 0 Å². The minimum absolute atomic E-state index is 0.664. The van der Waals surface area contributed by atoms with Crippen LogP contribution in [0.25, 0.3) is 10.9 Å². The molecule has 1 saturated carbocycles. The number of aromatic nitrogens is 1. The number of ether oxygens (including phenoxy) is 2. The van der Waals surface area contributed by atoms with E-state index in [2.05, 4.69) is 51.1 Å². The molecule has 3 aliphatic rings. The number of anilines is 1. The molecule has 0 amide bonds. The van der Waals surface area contributed by atoms with Crippen molar-refractivity contribution in [3.63, 3.8) is 0 Å². The van der Waals surface area contributed by atoms with E-state index in [-0.39, 0.29) is 0 Å². The van der Waals surface area contributed by atoms with Crippen LogP contribution >= 0.6 is 0 Å². The first kappa shape index (κ1) is 22.6. The molecule has 1 saturated heterocycles. The molecule has 6 heteroatoms. The summed E-state index contributed by atoms with van der Waals surface area (Å²) in [6, 6.07) is 15.7. The van der Waals surface area contributed by atoms with Crippen molar-refractivity contribution in [2.45, 2.75) is 51.2 Å². The van der Waals surface area contributed by atoms with Crippen molar-refractivity contribution in [1.82, 2.24) is 14.8 Å². The minimum atomic E-state index is 0.664. The van der Waals surface area contributed by atoms with Crippen molar-refractivity contribution < 1.29 is 9.47 Å². The highest BCUT2D eigenvalue weighted by Crippen LogP contribution is 2.37. The van der Waals surface area contributed by atoms with Gasteiger partial charge in [0.2, 0.25) is 0 Å². The molecule has 0 unspecified atom stereocenters. The Morgan fingerprint density at radius 3 is 2.77 bits per heavy atom. The van der Waals surface area contributed by atoms with E-state index >= 15 is 0 Å². The molecule has 184 valence electrons. The standard InChI is InChI=1S/C29H36N4O2/c1-34-27-12-5-4-11-26(27)32-15-7-14-31(16-17-32)19-22-18-23-20-33(24-8-2-3-9-24)21-35-29(23)28-25(22)10-6-13-30-28/h4-6,10-13,18,24H,2-3,7-9,14-17,19-21H2,1H3. The second kappa shape index (κ2) is 10.0. The third kappa shape index (κ3) is 4.57. The predicted octanol–water partition coefficient (Wildman–Crippen LogP) is 5.05. The van der Waals surface area contributed by atoms with Gasteiger partial charge in [-0.3, -0.25) is 14.8 Å². The molecule has 2 fully saturated rings. The van der Waals surface area contributed by atoms with Gasteiger partial charge in [-0.15, -0.1) is 0 Å². The van der Waals surface area contributed by atoms with Crippen LogP contribution in [0.15, 0.2) is 48.7 Å². The summed E-state index contributed by atoms with van der Waals surface area (Å²) < 4.78 is 12.0. The second-order valence-electron chi connectivity index (χ2n) is 10.2. The van der Waals surface area contributed by atoms with Gasteiger partial charge in [0.15, 0.2) is 5.75 Å². The number of para-hydroxylation sites is 2. The third-order valence-corrected chi connectivity index (χ3v) is 8.01. The second-order valence-corrected chi connectivity index (χ2v) is 10.2. The summed E-state index contributed by atoms with van der Waals surface area (Å²) in [5.74, 6) is 1.95. The predicted molar refractivity (Wildman–Crippen MR) is 140 cm³/mol. The molecule has 0 radical (unpaired) electrons. The monoisotopic (exact) mass is 472 g/mol. The first-order chi connectivity index (χ1) is 17.3. The molecule has 2 aromatic carbocycles. The molecule has 1 aromatic heterocycles. The Hall–Kier alpha value is -2.83. The maximum Gasteiger partial charge on any atom is 0.152 e. The van der Waals surface area contributed by atoms with Crippen LogP contribution in [0, 0.1) is 0 Å². The normalized spacial score (nSPS) is 20.0. The average Bonchev–Trinajstić information content (AvgIpc) is 3.35. The van der Waals surface area contributed by atoms with Crippen LogP contribution in [0.1, 0.15) is 43.2 Å². The SMILES string of the molecule is COc1ccccc1N1CCCN(Cc2cc3c(c4ncccc24)OCN(C2CCCC2)C3)CC1. The van der Waals surface area contributed by atoms with Gasteiger partial charge in [-0.1, -0.05) is 31.0 Å². The van der Waals surface area contributed by atoms with E-state index in [0.717, 1.165) is 62.7 Å². The van der Waals surface area contributed by atoms with Crippen LogP contribution in [-0.4, -0.2) is 60.8 Å². The summed E-state index contributed by atoms with van der Waals surface area (Å²) in [4.78, 5) is 12.4. The van der Waals surface area contributed by atoms with Gasteiger partial charge < -0.3 is 14.4 Å². The molecule has 3 aromatic rings. The minimum Gasteiger partial charge on any atom is -0.495 e. The summed E-state index contributed by atoms with van der Waals surface area (Å²) in [6.45, 7) is 6.78. The Labute approximate surface area is 208 Å². The zero-order chi connectivity index (χ0) is 23.6. The van der Waals surface area contributed by atoms with E-state index in [9.17, 15) is 0 Å². The van der Waals surface area contributed by atoms with Crippen molar-refractivity contribution in [3.8, 4) is 11.5 Å². The highest BCUT2D eigenvalue weighted by atomic mass is 16.5. The van der Waals surface area contributed by atoms with Gasteiger partial charge >= 0.3 is 0 Å². The molecular weight excluding hydrogens is 436 g/mol. The molecule has 6 rings (SSSR count). The fourth-order valence-corrected chi connectivity index (χ4v) is 6.18. The van der Waals surface area contributed by atoms with E-state index in [1.807, 2.05) is 12.3 Å². The summed E-state index contributed by atoms with van der Waals surface area (Å²) >= 11 is 0. The average molecular weight is 473 g/mol. The molecule has 6 nitrogen and oxygen atoms in total. The maximum atomic E-state index is 6.34. The lowest BCUT2D eigenvalue weighted by atomic mass is 10.0. The van der Waals surface area contributed by atoms with Crippen molar-refractivity contribution >= 4 is 16.6 Å². The highest BCUT2D eigenvalue weighted by Gasteiger charge is 2.29. The van der Waals surface area contributed by atoms with Crippen LogP contribution < -0.4 is 14.4 Å². The Morgan fingerprint density at radius 2 is 1.89 bits per heavy atom. The molecule has 0 bridgehead atoms. The van der Waals surface area contributed by atoms with E-state index in [4.69, 9.17) is 14.5 Å². The van der Waals surface area contributed by atoms with E-state index in [1.54, 1.807) is 7.11 Å². The lowest BCUT2D eigenvalue weighted by molar-refractivity contribution is 0.0589. The van der Waals surface area contributed by atoms with Gasteiger partial charge in [0.05, 0.1) is 12.8 Å². The van der Waals surface area contributed by atoms with Crippen molar-refractivity contribution in [2.75, 3.05) is 44.9 Å². The molecule has 0 N–H and O–H groups in total. The quantitative estimate of drug-likeness (QED) is 0.518. The number of rotatable bonds is 5. The first-order valence-electron chi connectivity index (χ1n) is 13.2. The summed E-state index contributed by atoms with van der Waals surface area (Å²) in [5, 5.41) is 1.23. The third-order valence-electron chi connectivity index (χ3n) is 8.01. The van der Waals surface area contributed by atoms with Gasteiger partial charge in [-0.05, 0) is 49.1 Å². The van der Waals surface area contributed by atoms with Crippen molar-refractivity contribution in [1.29, 1.82) is 0 Å². The first-order valence-corrected chi connectivity index (χ1v) is 13.2. The summed E-state index contributed by atoms with van der Waals surface area (Å²) in [5.41, 5.74) is 4.89. The zero-order valence-electron chi connectivity index (χ0n) is 20.8. The zero-order valence-corrected chi connectivity index (χ0v) is 20.8. The number of fused-ring (bicyclic) bond motifs is 3. The van der Waals surface area contributed by atoms with Crippen LogP contribution in [0.2, 0.25) is 0 Å². The van der Waals surface area contributed by atoms with Crippen molar-refractivity contribution in [2.24, 2.45) is 0 Å². The smallest absolute Gasteiger partial charge is 0.152 e. The Balaban J connectivity index is 1.23. The summed E-state index contributed by atoms with van der Waals surface area (Å²) in [7, 11) is 1.76.